The van der Waals surface area contributed by atoms with Gasteiger partial charge in [-0.25, -0.2) is 4.79 Å². The van der Waals surface area contributed by atoms with Gasteiger partial charge >= 0.3 is 17.3 Å². The fraction of sp³-hybridized carbons (Fsp3) is 0.417. The molecule has 9 nitrogen and oxygen atoms in total. The van der Waals surface area contributed by atoms with Crippen molar-refractivity contribution in [1.82, 2.24) is 0 Å². The summed E-state index contributed by atoms with van der Waals surface area (Å²) in [6.45, 7) is 1.03. The van der Waals surface area contributed by atoms with Crippen molar-refractivity contribution in [2.24, 2.45) is 0 Å². The summed E-state index contributed by atoms with van der Waals surface area (Å²) < 4.78 is 4.47. The highest BCUT2D eigenvalue weighted by molar-refractivity contribution is 5.94. The summed E-state index contributed by atoms with van der Waals surface area (Å²) in [5, 5.41) is 22.4. The van der Waals surface area contributed by atoms with E-state index in [4.69, 9.17) is 0 Å². The standard InChI is InChI=1S/C12H13N3O6/c1-21-12(16)8-6-9(14(17)18)11(10(7-8)15(19)20)13-4-2-3-5-13/h6-7H,2-5H2,1H3. The van der Waals surface area contributed by atoms with Gasteiger partial charge in [0, 0.05) is 25.2 Å². The van der Waals surface area contributed by atoms with E-state index in [0.717, 1.165) is 32.1 Å². The second-order valence-corrected chi connectivity index (χ2v) is 4.56. The number of hydrogen-bond donors (Lipinski definition) is 0. The number of carbonyl (C=O) groups excluding carboxylic acids is 1. The molecule has 0 amide bonds. The molecule has 1 saturated heterocycles. The Morgan fingerprint density at radius 3 is 2.00 bits per heavy atom. The number of anilines is 1. The molecule has 1 heterocycles. The minimum Gasteiger partial charge on any atom is -0.465 e. The van der Waals surface area contributed by atoms with Crippen LogP contribution in [0, 0.1) is 20.2 Å². The maximum Gasteiger partial charge on any atom is 0.338 e. The van der Waals surface area contributed by atoms with E-state index < -0.39 is 27.2 Å². The molecule has 1 aromatic carbocycles. The number of esters is 1. The van der Waals surface area contributed by atoms with Crippen LogP contribution in [0.15, 0.2) is 12.1 Å². The Labute approximate surface area is 119 Å². The number of rotatable bonds is 4. The van der Waals surface area contributed by atoms with Crippen molar-refractivity contribution in [3.8, 4) is 0 Å². The predicted octanol–water partition coefficient (Wildman–Crippen LogP) is 1.89. The number of nitrogens with zero attached hydrogens (tertiary/aromatic N) is 3. The van der Waals surface area contributed by atoms with E-state index in [1.54, 1.807) is 4.90 Å². The second-order valence-electron chi connectivity index (χ2n) is 4.56. The molecule has 0 bridgehead atoms. The third-order valence-corrected chi connectivity index (χ3v) is 3.31. The van der Waals surface area contributed by atoms with Crippen molar-refractivity contribution in [3.05, 3.63) is 37.9 Å². The van der Waals surface area contributed by atoms with Crippen molar-refractivity contribution < 1.29 is 19.4 Å². The molecule has 0 radical (unpaired) electrons. The van der Waals surface area contributed by atoms with Crippen LogP contribution >= 0.6 is 0 Å². The highest BCUT2D eigenvalue weighted by Crippen LogP contribution is 2.40. The Morgan fingerprint density at radius 2 is 1.62 bits per heavy atom. The maximum atomic E-state index is 11.5. The smallest absolute Gasteiger partial charge is 0.338 e. The first-order valence-electron chi connectivity index (χ1n) is 6.25. The molecule has 0 N–H and O–H groups in total. The zero-order chi connectivity index (χ0) is 15.6. The van der Waals surface area contributed by atoms with Gasteiger partial charge in [-0.2, -0.15) is 0 Å². The molecule has 0 aliphatic carbocycles. The number of benzene rings is 1. The van der Waals surface area contributed by atoms with Crippen molar-refractivity contribution in [2.75, 3.05) is 25.1 Å². The largest absolute Gasteiger partial charge is 0.465 e. The molecule has 112 valence electrons. The lowest BCUT2D eigenvalue weighted by Crippen LogP contribution is -2.21. The summed E-state index contributed by atoms with van der Waals surface area (Å²) in [6.07, 6.45) is 1.63. The van der Waals surface area contributed by atoms with Crippen LogP contribution in [0.3, 0.4) is 0 Å². The lowest BCUT2D eigenvalue weighted by molar-refractivity contribution is -0.392. The van der Waals surface area contributed by atoms with Crippen LogP contribution in [-0.4, -0.2) is 36.0 Å². The Morgan fingerprint density at radius 1 is 1.14 bits per heavy atom. The van der Waals surface area contributed by atoms with Crippen molar-refractivity contribution in [1.29, 1.82) is 0 Å². The molecule has 0 saturated carbocycles. The third-order valence-electron chi connectivity index (χ3n) is 3.31. The fourth-order valence-corrected chi connectivity index (χ4v) is 2.38. The molecule has 1 fully saturated rings. The summed E-state index contributed by atoms with van der Waals surface area (Å²) >= 11 is 0. The Balaban J connectivity index is 2.67. The summed E-state index contributed by atoms with van der Waals surface area (Å²) in [4.78, 5) is 34.1. The number of nitro groups is 2. The molecule has 0 aromatic heterocycles. The molecular weight excluding hydrogens is 282 g/mol. The molecule has 0 atom stereocenters. The highest BCUT2D eigenvalue weighted by atomic mass is 16.6. The van der Waals surface area contributed by atoms with Crippen molar-refractivity contribution in [2.45, 2.75) is 12.8 Å². The van der Waals surface area contributed by atoms with E-state index in [-0.39, 0.29) is 11.3 Å². The second kappa shape index (κ2) is 5.73. The zero-order valence-electron chi connectivity index (χ0n) is 11.3. The number of carbonyl (C=O) groups is 1. The van der Waals surface area contributed by atoms with E-state index in [9.17, 15) is 25.0 Å². The quantitative estimate of drug-likeness (QED) is 0.473. The molecule has 1 aliphatic rings. The fourth-order valence-electron chi connectivity index (χ4n) is 2.38. The Hall–Kier alpha value is -2.71. The predicted molar refractivity (Wildman–Crippen MR) is 72.5 cm³/mol. The number of methoxy groups -OCH3 is 1. The van der Waals surface area contributed by atoms with E-state index in [0.29, 0.717) is 13.1 Å². The lowest BCUT2D eigenvalue weighted by atomic mass is 10.1. The first-order chi connectivity index (χ1) is 9.95. The van der Waals surface area contributed by atoms with Crippen LogP contribution in [-0.2, 0) is 4.74 Å². The van der Waals surface area contributed by atoms with Crippen LogP contribution in [0.1, 0.15) is 23.2 Å². The van der Waals surface area contributed by atoms with Gasteiger partial charge in [0.25, 0.3) is 0 Å². The molecule has 1 aromatic rings. The molecule has 9 heteroatoms. The van der Waals surface area contributed by atoms with Gasteiger partial charge in [0.2, 0.25) is 0 Å². The van der Waals surface area contributed by atoms with Crippen LogP contribution in [0.4, 0.5) is 17.1 Å². The zero-order valence-corrected chi connectivity index (χ0v) is 11.3. The normalized spacial score (nSPS) is 14.0. The molecule has 2 rings (SSSR count). The molecule has 21 heavy (non-hydrogen) atoms. The molecular formula is C12H13N3O6. The SMILES string of the molecule is COC(=O)c1cc([N+](=O)[O-])c(N2CCCC2)c([N+](=O)[O-])c1. The number of hydrogen-bond acceptors (Lipinski definition) is 7. The monoisotopic (exact) mass is 295 g/mol. The van der Waals surface area contributed by atoms with Gasteiger partial charge in [-0.3, -0.25) is 20.2 Å². The first kappa shape index (κ1) is 14.7. The average Bonchev–Trinajstić information content (AvgIpc) is 2.98. The van der Waals surface area contributed by atoms with Crippen LogP contribution < -0.4 is 4.90 Å². The van der Waals surface area contributed by atoms with Gasteiger partial charge in [-0.1, -0.05) is 0 Å². The summed E-state index contributed by atoms with van der Waals surface area (Å²) in [5.74, 6) is -0.853. The minimum absolute atomic E-state index is 0.0462. The Bertz CT molecular complexity index is 574. The topological polar surface area (TPSA) is 116 Å². The number of nitro benzene ring substituents is 2. The van der Waals surface area contributed by atoms with Crippen molar-refractivity contribution >= 4 is 23.0 Å². The van der Waals surface area contributed by atoms with Gasteiger partial charge in [-0.05, 0) is 12.8 Å². The molecule has 1 aliphatic heterocycles. The summed E-state index contributed by atoms with van der Waals surface area (Å²) in [7, 11) is 1.11. The van der Waals surface area contributed by atoms with E-state index >= 15 is 0 Å². The van der Waals surface area contributed by atoms with Gasteiger partial charge in [0.1, 0.15) is 0 Å². The van der Waals surface area contributed by atoms with Crippen LogP contribution in [0.25, 0.3) is 0 Å². The summed E-state index contributed by atoms with van der Waals surface area (Å²) in [5.41, 5.74) is -1.16. The maximum absolute atomic E-state index is 11.5. The van der Waals surface area contributed by atoms with Gasteiger partial charge in [0.05, 0.1) is 22.5 Å². The average molecular weight is 295 g/mol. The minimum atomic E-state index is -0.853. The van der Waals surface area contributed by atoms with E-state index in [2.05, 4.69) is 4.74 Å². The van der Waals surface area contributed by atoms with Gasteiger partial charge in [-0.15, -0.1) is 0 Å². The van der Waals surface area contributed by atoms with E-state index in [1.165, 1.54) is 0 Å². The lowest BCUT2D eigenvalue weighted by Gasteiger charge is -2.17. The van der Waals surface area contributed by atoms with Gasteiger partial charge < -0.3 is 9.64 Å². The summed E-state index contributed by atoms with van der Waals surface area (Å²) in [6, 6.07) is 2.04. The van der Waals surface area contributed by atoms with Crippen LogP contribution in [0.5, 0.6) is 0 Å². The molecule has 0 unspecified atom stereocenters. The number of ether oxygens (including phenoxy) is 1. The Kier molecular flexibility index (Phi) is 4.01. The first-order valence-corrected chi connectivity index (χ1v) is 6.25. The highest BCUT2D eigenvalue weighted by Gasteiger charge is 2.33. The van der Waals surface area contributed by atoms with Gasteiger partial charge in [0.15, 0.2) is 5.69 Å². The van der Waals surface area contributed by atoms with E-state index in [1.807, 2.05) is 0 Å². The van der Waals surface area contributed by atoms with Crippen molar-refractivity contribution in [3.63, 3.8) is 0 Å². The van der Waals surface area contributed by atoms with Crippen LogP contribution in [0.2, 0.25) is 0 Å². The molecule has 0 spiro atoms. The third kappa shape index (κ3) is 2.76.